The van der Waals surface area contributed by atoms with Gasteiger partial charge in [0.05, 0.1) is 12.7 Å². The molecule has 1 aliphatic heterocycles. The van der Waals surface area contributed by atoms with Crippen molar-refractivity contribution in [2.45, 2.75) is 57.1 Å². The second kappa shape index (κ2) is 12.2. The molecule has 184 valence electrons. The van der Waals surface area contributed by atoms with Gasteiger partial charge in [-0.3, -0.25) is 4.68 Å². The molecular weight excluding hydrogens is 489 g/mol. The van der Waals surface area contributed by atoms with Crippen LogP contribution in [0.4, 0.5) is 10.5 Å². The van der Waals surface area contributed by atoms with Crippen LogP contribution < -0.4 is 44.9 Å². The van der Waals surface area contributed by atoms with E-state index in [1.807, 2.05) is 27.7 Å². The van der Waals surface area contributed by atoms with Crippen LogP contribution in [0.15, 0.2) is 23.2 Å². The fourth-order valence-electron chi connectivity index (χ4n) is 3.80. The van der Waals surface area contributed by atoms with Crippen LogP contribution >= 0.6 is 11.6 Å². The van der Waals surface area contributed by atoms with Crippen LogP contribution in [0.25, 0.3) is 0 Å². The summed E-state index contributed by atoms with van der Waals surface area (Å²) in [5.74, 6) is 0.144. The number of urea groups is 1. The number of aryl methyl sites for hydroxylation is 1. The summed E-state index contributed by atoms with van der Waals surface area (Å²) in [7, 11) is -2.50. The molecule has 9 nitrogen and oxygen atoms in total. The van der Waals surface area contributed by atoms with Gasteiger partial charge in [0.15, 0.2) is 5.03 Å². The number of aromatic nitrogens is 2. The van der Waals surface area contributed by atoms with E-state index >= 15 is 0 Å². The predicted molar refractivity (Wildman–Crippen MR) is 130 cm³/mol. The zero-order valence-electron chi connectivity index (χ0n) is 21.6. The zero-order chi connectivity index (χ0) is 24.3. The van der Waals surface area contributed by atoms with Crippen molar-refractivity contribution in [3.8, 4) is 0 Å². The van der Waals surface area contributed by atoms with Crippen molar-refractivity contribution in [2.75, 3.05) is 25.0 Å². The maximum atomic E-state index is 12.9. The van der Waals surface area contributed by atoms with E-state index in [0.717, 1.165) is 17.7 Å². The van der Waals surface area contributed by atoms with Gasteiger partial charge in [0.2, 0.25) is 0 Å². The average molecular weight is 522 g/mol. The normalized spacial score (nSPS) is 16.4. The standard InChI is InChI=1S/C22H32ClN5O4S.Na.H/c1-13(2)18-8-15(23)9-19(14(3)4)21(18)25-22(29)27-33(30,31)20-11-16(28(5)26-20)10-17-12-24-6-7-32-17;;/h8-9,11,13-14,17,24H,6-7,10,12H2,1-5H3,(H2,25,27,29);;/q;+1;-1. The molecule has 12 heteroatoms. The van der Waals surface area contributed by atoms with Crippen LogP contribution in [0.5, 0.6) is 0 Å². The summed E-state index contributed by atoms with van der Waals surface area (Å²) in [5, 5.41) is 10.4. The summed E-state index contributed by atoms with van der Waals surface area (Å²) in [6.07, 6.45) is 0.452. The Labute approximate surface area is 230 Å². The number of benzene rings is 1. The van der Waals surface area contributed by atoms with Gasteiger partial charge in [-0.25, -0.2) is 9.52 Å². The number of amides is 2. The van der Waals surface area contributed by atoms with Crippen LogP contribution in [0.1, 0.15) is 57.8 Å². The molecule has 34 heavy (non-hydrogen) atoms. The Hall–Kier alpha value is -1.14. The van der Waals surface area contributed by atoms with E-state index in [1.165, 1.54) is 10.7 Å². The Morgan fingerprint density at radius 1 is 1.26 bits per heavy atom. The van der Waals surface area contributed by atoms with Gasteiger partial charge in [0.1, 0.15) is 0 Å². The van der Waals surface area contributed by atoms with E-state index in [-0.39, 0.29) is 53.9 Å². The van der Waals surface area contributed by atoms with Crippen molar-refractivity contribution in [2.24, 2.45) is 7.05 Å². The fourth-order valence-corrected chi connectivity index (χ4v) is 4.96. The summed E-state index contributed by atoms with van der Waals surface area (Å²) in [5.41, 5.74) is 2.94. The fraction of sp³-hybridized carbons (Fsp3) is 0.545. The van der Waals surface area contributed by atoms with E-state index in [9.17, 15) is 13.2 Å². The predicted octanol–water partition coefficient (Wildman–Crippen LogP) is 0.478. The number of nitrogens with one attached hydrogen (secondary N) is 3. The number of carbonyl (C=O) groups excluding carboxylic acids is 1. The van der Waals surface area contributed by atoms with Gasteiger partial charge in [-0.15, -0.1) is 0 Å². The van der Waals surface area contributed by atoms with Gasteiger partial charge in [0, 0.05) is 49.0 Å². The summed E-state index contributed by atoms with van der Waals surface area (Å²) in [6, 6.07) is 4.19. The molecular formula is C22H33ClN5NaO4S. The third-order valence-electron chi connectivity index (χ3n) is 5.54. The first-order valence-corrected chi connectivity index (χ1v) is 12.9. The van der Waals surface area contributed by atoms with E-state index in [4.69, 9.17) is 16.3 Å². The number of hydrogen-bond donors (Lipinski definition) is 3. The summed E-state index contributed by atoms with van der Waals surface area (Å²) < 4.78 is 35.0. The molecule has 2 amide bonds. The molecule has 1 aromatic heterocycles. The Morgan fingerprint density at radius 3 is 2.41 bits per heavy atom. The largest absolute Gasteiger partial charge is 1.00 e. The number of nitrogens with zero attached hydrogens (tertiary/aromatic N) is 2. The second-order valence-electron chi connectivity index (χ2n) is 8.83. The van der Waals surface area contributed by atoms with E-state index in [0.29, 0.717) is 36.0 Å². The SMILES string of the molecule is CC(C)c1cc(Cl)cc(C(C)C)c1NC(=O)NS(=O)(=O)c1cc(CC2CNCCO2)n(C)n1.[H-].[Na+]. The number of sulfonamides is 1. The Bertz CT molecular complexity index is 1090. The van der Waals surface area contributed by atoms with Crippen LogP contribution in [0.2, 0.25) is 5.02 Å². The van der Waals surface area contributed by atoms with Crippen LogP contribution in [-0.4, -0.2) is 50.0 Å². The first-order valence-electron chi connectivity index (χ1n) is 11.0. The van der Waals surface area contributed by atoms with Gasteiger partial charge in [-0.2, -0.15) is 13.5 Å². The topological polar surface area (TPSA) is 114 Å². The number of ether oxygens (including phenoxy) is 1. The van der Waals surface area contributed by atoms with Crippen molar-refractivity contribution in [3.05, 3.63) is 40.0 Å². The monoisotopic (exact) mass is 521 g/mol. The molecule has 1 unspecified atom stereocenters. The van der Waals surface area contributed by atoms with Gasteiger partial charge in [-0.1, -0.05) is 39.3 Å². The van der Waals surface area contributed by atoms with Crippen molar-refractivity contribution in [1.82, 2.24) is 19.8 Å². The number of rotatable bonds is 7. The minimum absolute atomic E-state index is 0. The third kappa shape index (κ3) is 7.19. The minimum atomic E-state index is -4.17. The van der Waals surface area contributed by atoms with Gasteiger partial charge >= 0.3 is 35.6 Å². The Balaban J connectivity index is 0.00000306. The summed E-state index contributed by atoms with van der Waals surface area (Å²) in [6.45, 7) is 10.0. The molecule has 0 saturated carbocycles. The molecule has 0 spiro atoms. The number of halogens is 1. The molecule has 3 N–H and O–H groups in total. The third-order valence-corrected chi connectivity index (χ3v) is 6.97. The first kappa shape index (κ1) is 29.1. The minimum Gasteiger partial charge on any atom is -1.00 e. The number of morpholine rings is 1. The van der Waals surface area contributed by atoms with Crippen molar-refractivity contribution < 1.29 is 48.9 Å². The number of hydrogen-bond acceptors (Lipinski definition) is 6. The summed E-state index contributed by atoms with van der Waals surface area (Å²) >= 11 is 6.27. The molecule has 1 aliphatic rings. The van der Waals surface area contributed by atoms with Gasteiger partial charge in [0.25, 0.3) is 10.0 Å². The smallest absolute Gasteiger partial charge is 1.00 e. The molecule has 2 heterocycles. The zero-order valence-corrected chi connectivity index (χ0v) is 24.2. The average Bonchev–Trinajstić information content (AvgIpc) is 3.10. The maximum absolute atomic E-state index is 12.9. The van der Waals surface area contributed by atoms with E-state index < -0.39 is 16.1 Å². The van der Waals surface area contributed by atoms with Crippen LogP contribution in [-0.2, 0) is 28.2 Å². The molecule has 0 bridgehead atoms. The van der Waals surface area contributed by atoms with Crippen LogP contribution in [0.3, 0.4) is 0 Å². The molecule has 2 aromatic rings. The first-order chi connectivity index (χ1) is 15.5. The molecule has 1 fully saturated rings. The molecule has 0 aliphatic carbocycles. The quantitative estimate of drug-likeness (QED) is 0.457. The molecule has 1 saturated heterocycles. The molecule has 1 aromatic carbocycles. The van der Waals surface area contributed by atoms with Crippen molar-refractivity contribution in [1.29, 1.82) is 0 Å². The van der Waals surface area contributed by atoms with Gasteiger partial charge in [-0.05, 0) is 35.1 Å². The van der Waals surface area contributed by atoms with Crippen molar-refractivity contribution >= 4 is 33.3 Å². The van der Waals surface area contributed by atoms with E-state index in [2.05, 4.69) is 20.5 Å². The Morgan fingerprint density at radius 2 is 1.88 bits per heavy atom. The van der Waals surface area contributed by atoms with E-state index in [1.54, 1.807) is 19.2 Å². The maximum Gasteiger partial charge on any atom is 1.00 e. The molecule has 1 atom stereocenters. The Kier molecular flexibility index (Phi) is 10.4. The van der Waals surface area contributed by atoms with Gasteiger partial charge < -0.3 is 16.8 Å². The molecule has 3 rings (SSSR count). The van der Waals surface area contributed by atoms with Crippen LogP contribution in [0, 0.1) is 0 Å². The van der Waals surface area contributed by atoms with Crippen molar-refractivity contribution in [3.63, 3.8) is 0 Å². The summed E-state index contributed by atoms with van der Waals surface area (Å²) in [4.78, 5) is 12.7. The number of anilines is 1. The molecule has 0 radical (unpaired) electrons. The second-order valence-corrected chi connectivity index (χ2v) is 10.9. The number of carbonyl (C=O) groups is 1.